The number of hydrogen-bond acceptors (Lipinski definition) is 5. The van der Waals surface area contributed by atoms with Crippen LogP contribution < -0.4 is 0 Å². The van der Waals surface area contributed by atoms with Gasteiger partial charge in [-0.25, -0.2) is 9.97 Å². The third kappa shape index (κ3) is 7.87. The standard InChI is InChI=1S/C14H22N4S3/c1-3-17(13-15-1)5-7-19-9-11-21-12-10-20-8-6-18-4-2-16-14-18/h1-4,13-14H,5-12H2. The molecule has 2 aromatic rings. The van der Waals surface area contributed by atoms with Gasteiger partial charge >= 0.3 is 0 Å². The highest BCUT2D eigenvalue weighted by atomic mass is 32.2. The smallest absolute Gasteiger partial charge is 0.0946 e. The largest absolute Gasteiger partial charge is 0.337 e. The van der Waals surface area contributed by atoms with Gasteiger partial charge in [-0.05, 0) is 0 Å². The molecule has 0 amide bonds. The van der Waals surface area contributed by atoms with Crippen molar-refractivity contribution in [3.63, 3.8) is 0 Å². The molecule has 116 valence electrons. The number of aryl methyl sites for hydroxylation is 2. The number of aromatic nitrogens is 4. The molecule has 0 aliphatic heterocycles. The van der Waals surface area contributed by atoms with E-state index in [0.717, 1.165) is 13.1 Å². The fraction of sp³-hybridized carbons (Fsp3) is 0.571. The molecule has 0 radical (unpaired) electrons. The van der Waals surface area contributed by atoms with Gasteiger partial charge in [0.1, 0.15) is 0 Å². The number of hydrogen-bond donors (Lipinski definition) is 0. The monoisotopic (exact) mass is 342 g/mol. The molecule has 2 aromatic heterocycles. The van der Waals surface area contributed by atoms with E-state index in [1.807, 2.05) is 61.0 Å². The summed E-state index contributed by atoms with van der Waals surface area (Å²) in [5.74, 6) is 7.37. The van der Waals surface area contributed by atoms with Crippen LogP contribution in [-0.4, -0.2) is 53.6 Å². The molecular weight excluding hydrogens is 320 g/mol. The van der Waals surface area contributed by atoms with Crippen LogP contribution in [0.4, 0.5) is 0 Å². The Morgan fingerprint density at radius 2 is 1.05 bits per heavy atom. The molecule has 0 aliphatic carbocycles. The zero-order valence-corrected chi connectivity index (χ0v) is 14.6. The number of imidazole rings is 2. The van der Waals surface area contributed by atoms with Gasteiger partial charge in [0, 0.05) is 72.4 Å². The molecule has 0 bridgehead atoms. The number of nitrogens with zero attached hydrogens (tertiary/aromatic N) is 4. The van der Waals surface area contributed by atoms with Crippen molar-refractivity contribution in [2.24, 2.45) is 0 Å². The van der Waals surface area contributed by atoms with E-state index in [9.17, 15) is 0 Å². The fourth-order valence-electron chi connectivity index (χ4n) is 1.72. The minimum Gasteiger partial charge on any atom is -0.337 e. The first-order valence-corrected chi connectivity index (χ1v) is 10.6. The second-order valence-corrected chi connectivity index (χ2v) is 8.11. The maximum atomic E-state index is 4.04. The molecule has 0 atom stereocenters. The van der Waals surface area contributed by atoms with Crippen molar-refractivity contribution in [2.75, 3.05) is 34.5 Å². The summed E-state index contributed by atoms with van der Waals surface area (Å²) in [4.78, 5) is 8.09. The van der Waals surface area contributed by atoms with Crippen molar-refractivity contribution in [1.82, 2.24) is 19.1 Å². The Morgan fingerprint density at radius 1 is 0.619 bits per heavy atom. The second-order valence-electron chi connectivity index (χ2n) is 4.44. The molecular formula is C14H22N4S3. The third-order valence-corrected chi connectivity index (χ3v) is 6.28. The lowest BCUT2D eigenvalue weighted by Crippen LogP contribution is -1.99. The summed E-state index contributed by atoms with van der Waals surface area (Å²) < 4.78 is 4.27. The Bertz CT molecular complexity index is 402. The van der Waals surface area contributed by atoms with Crippen molar-refractivity contribution in [3.05, 3.63) is 37.4 Å². The van der Waals surface area contributed by atoms with Crippen LogP contribution in [-0.2, 0) is 13.1 Å². The summed E-state index contributed by atoms with van der Waals surface area (Å²) in [5.41, 5.74) is 0. The molecule has 0 aromatic carbocycles. The van der Waals surface area contributed by atoms with Crippen LogP contribution in [0.1, 0.15) is 0 Å². The lowest BCUT2D eigenvalue weighted by atomic mass is 10.7. The van der Waals surface area contributed by atoms with Gasteiger partial charge in [0.2, 0.25) is 0 Å². The summed E-state index contributed by atoms with van der Waals surface area (Å²) >= 11 is 6.13. The molecule has 0 saturated heterocycles. The van der Waals surface area contributed by atoms with E-state index < -0.39 is 0 Å². The predicted octanol–water partition coefficient (Wildman–Crippen LogP) is 2.98. The molecule has 0 unspecified atom stereocenters. The van der Waals surface area contributed by atoms with Gasteiger partial charge in [-0.1, -0.05) is 0 Å². The fourth-order valence-corrected chi connectivity index (χ4v) is 4.90. The molecule has 0 fully saturated rings. The highest BCUT2D eigenvalue weighted by molar-refractivity contribution is 8.04. The average Bonchev–Trinajstić information content (AvgIpc) is 3.18. The van der Waals surface area contributed by atoms with Gasteiger partial charge in [0.25, 0.3) is 0 Å². The molecule has 7 heteroatoms. The summed E-state index contributed by atoms with van der Waals surface area (Å²) in [6.07, 6.45) is 11.5. The maximum Gasteiger partial charge on any atom is 0.0946 e. The maximum absolute atomic E-state index is 4.04. The van der Waals surface area contributed by atoms with Gasteiger partial charge < -0.3 is 9.13 Å². The van der Waals surface area contributed by atoms with E-state index in [4.69, 9.17) is 0 Å². The van der Waals surface area contributed by atoms with Crippen LogP contribution in [0.15, 0.2) is 37.4 Å². The van der Waals surface area contributed by atoms with Crippen molar-refractivity contribution >= 4 is 35.3 Å². The van der Waals surface area contributed by atoms with Gasteiger partial charge in [-0.3, -0.25) is 0 Å². The Balaban J connectivity index is 1.31. The third-order valence-electron chi connectivity index (χ3n) is 2.85. The van der Waals surface area contributed by atoms with Crippen LogP contribution in [0, 0.1) is 0 Å². The van der Waals surface area contributed by atoms with Crippen molar-refractivity contribution in [1.29, 1.82) is 0 Å². The first-order valence-electron chi connectivity index (χ1n) is 7.10. The Morgan fingerprint density at radius 3 is 1.43 bits per heavy atom. The molecule has 21 heavy (non-hydrogen) atoms. The molecule has 2 rings (SSSR count). The summed E-state index contributed by atoms with van der Waals surface area (Å²) in [6.45, 7) is 2.14. The number of rotatable bonds is 12. The summed E-state index contributed by atoms with van der Waals surface area (Å²) in [5, 5.41) is 0. The highest BCUT2D eigenvalue weighted by Gasteiger charge is 1.95. The van der Waals surface area contributed by atoms with Crippen LogP contribution in [0.25, 0.3) is 0 Å². The van der Waals surface area contributed by atoms with E-state index in [1.54, 1.807) is 0 Å². The molecule has 0 saturated carbocycles. The van der Waals surface area contributed by atoms with E-state index >= 15 is 0 Å². The molecule has 2 heterocycles. The minimum absolute atomic E-state index is 1.07. The number of thioether (sulfide) groups is 3. The zero-order valence-electron chi connectivity index (χ0n) is 12.1. The van der Waals surface area contributed by atoms with Gasteiger partial charge in [-0.2, -0.15) is 35.3 Å². The predicted molar refractivity (Wildman–Crippen MR) is 96.4 cm³/mol. The first kappa shape index (κ1) is 16.8. The Kier molecular flexibility index (Phi) is 8.89. The highest BCUT2D eigenvalue weighted by Crippen LogP contribution is 2.11. The van der Waals surface area contributed by atoms with Crippen molar-refractivity contribution in [2.45, 2.75) is 13.1 Å². The van der Waals surface area contributed by atoms with E-state index in [0.29, 0.717) is 0 Å². The molecule has 0 spiro atoms. The van der Waals surface area contributed by atoms with Gasteiger partial charge in [0.05, 0.1) is 12.7 Å². The van der Waals surface area contributed by atoms with Crippen LogP contribution in [0.5, 0.6) is 0 Å². The van der Waals surface area contributed by atoms with Crippen LogP contribution in [0.3, 0.4) is 0 Å². The Labute approximate surface area is 139 Å². The lowest BCUT2D eigenvalue weighted by Gasteiger charge is -2.04. The molecule has 4 nitrogen and oxygen atoms in total. The topological polar surface area (TPSA) is 35.6 Å². The summed E-state index contributed by atoms with van der Waals surface area (Å²) in [7, 11) is 0. The van der Waals surface area contributed by atoms with E-state index in [1.165, 1.54) is 34.5 Å². The molecule has 0 aliphatic rings. The van der Waals surface area contributed by atoms with E-state index in [-0.39, 0.29) is 0 Å². The molecule has 0 N–H and O–H groups in total. The Hall–Kier alpha value is -0.530. The summed E-state index contributed by atoms with van der Waals surface area (Å²) in [6, 6.07) is 0. The second kappa shape index (κ2) is 11.1. The SMILES string of the molecule is c1cn(CCSCCSCCSCCn2ccnc2)cn1. The van der Waals surface area contributed by atoms with Crippen molar-refractivity contribution in [3.8, 4) is 0 Å². The van der Waals surface area contributed by atoms with Gasteiger partial charge in [-0.15, -0.1) is 0 Å². The normalized spacial score (nSPS) is 11.0. The van der Waals surface area contributed by atoms with Gasteiger partial charge in [0.15, 0.2) is 0 Å². The van der Waals surface area contributed by atoms with Crippen LogP contribution in [0.2, 0.25) is 0 Å². The quantitative estimate of drug-likeness (QED) is 0.554. The lowest BCUT2D eigenvalue weighted by molar-refractivity contribution is 0.770. The van der Waals surface area contributed by atoms with Crippen molar-refractivity contribution < 1.29 is 0 Å². The van der Waals surface area contributed by atoms with Crippen LogP contribution >= 0.6 is 35.3 Å². The average molecular weight is 343 g/mol. The minimum atomic E-state index is 1.07. The zero-order chi connectivity index (χ0) is 14.6. The first-order chi connectivity index (χ1) is 10.4. The van der Waals surface area contributed by atoms with E-state index in [2.05, 4.69) is 30.9 Å².